The van der Waals surface area contributed by atoms with Gasteiger partial charge >= 0.3 is 25.9 Å². The number of benzene rings is 2. The van der Waals surface area contributed by atoms with E-state index in [1.165, 1.54) is 23.0 Å². The van der Waals surface area contributed by atoms with Crippen molar-refractivity contribution in [3.63, 3.8) is 0 Å². The van der Waals surface area contributed by atoms with E-state index in [0.29, 0.717) is 12.5 Å². The van der Waals surface area contributed by atoms with Crippen molar-refractivity contribution in [1.82, 2.24) is 24.6 Å². The third kappa shape index (κ3) is 10.1. The molecule has 4 N–H and O–H groups in total. The standard InChI is InChI=1S/C35H38F3N6O9P/c1-3-5-6-7-11-14-49-34(47)51-27-19-28(44-21-40-29-30(39)41-33(38)42-31(29)44)52-35(27,4-2)20-50-54(48,53-25-12-9-8-10-13-25)43-26(32(45)46)17-22-15-23(36)18-24(37)16-22/h2,8-10,12-13,15-16,18,21,26-28H,3,5-7,11,14,17,19-20H2,1H3,(H,43,48)(H,45,46)(H2,39,41,42)/t26-,27-,28+,35+,54-/m0/s1. The maximum absolute atomic E-state index is 14.5. The lowest BCUT2D eigenvalue weighted by Gasteiger charge is -2.31. The first-order valence-corrected chi connectivity index (χ1v) is 18.5. The molecule has 1 fully saturated rings. The van der Waals surface area contributed by atoms with Gasteiger partial charge in [-0.1, -0.05) is 56.7 Å². The van der Waals surface area contributed by atoms with Crippen LogP contribution in [0.1, 0.15) is 57.2 Å². The molecule has 2 aromatic carbocycles. The molecule has 0 amide bonds. The second kappa shape index (κ2) is 17.7. The molecule has 0 bridgehead atoms. The zero-order valence-electron chi connectivity index (χ0n) is 29.0. The van der Waals surface area contributed by atoms with Crippen LogP contribution >= 0.6 is 7.75 Å². The molecule has 5 rings (SSSR count). The molecule has 0 spiro atoms. The first-order chi connectivity index (χ1) is 25.8. The number of hydrogen-bond acceptors (Lipinski definition) is 12. The summed E-state index contributed by atoms with van der Waals surface area (Å²) in [6, 6.07) is 8.22. The maximum atomic E-state index is 14.5. The minimum atomic E-state index is -4.82. The average molecular weight is 775 g/mol. The molecule has 4 aromatic rings. The van der Waals surface area contributed by atoms with Crippen molar-refractivity contribution in [1.29, 1.82) is 0 Å². The van der Waals surface area contributed by atoms with Gasteiger partial charge in [0.25, 0.3) is 0 Å². The van der Waals surface area contributed by atoms with Crippen molar-refractivity contribution in [3.8, 4) is 18.1 Å². The number of carboxylic acids is 1. The minimum Gasteiger partial charge on any atom is -0.480 e. The van der Waals surface area contributed by atoms with Crippen LogP contribution in [-0.4, -0.2) is 67.7 Å². The number of para-hydroxylation sites is 1. The van der Waals surface area contributed by atoms with E-state index in [-0.39, 0.29) is 41.3 Å². The molecule has 1 aliphatic rings. The van der Waals surface area contributed by atoms with E-state index in [2.05, 4.69) is 32.9 Å². The Morgan fingerprint density at radius 2 is 1.87 bits per heavy atom. The van der Waals surface area contributed by atoms with Crippen LogP contribution in [0.15, 0.2) is 54.9 Å². The molecule has 1 saturated heterocycles. The maximum Gasteiger partial charge on any atom is 0.508 e. The van der Waals surface area contributed by atoms with E-state index in [1.807, 2.05) is 0 Å². The number of nitrogens with two attached hydrogens (primary N) is 1. The molecular formula is C35H38F3N6O9P. The molecule has 1 aliphatic heterocycles. The summed E-state index contributed by atoms with van der Waals surface area (Å²) in [4.78, 5) is 36.7. The number of nitrogens with one attached hydrogen (secondary N) is 1. The molecule has 19 heteroatoms. The first kappa shape index (κ1) is 40.0. The highest BCUT2D eigenvalue weighted by Gasteiger charge is 2.53. The van der Waals surface area contributed by atoms with E-state index in [1.54, 1.807) is 18.2 Å². The molecular weight excluding hydrogens is 736 g/mol. The van der Waals surface area contributed by atoms with E-state index in [4.69, 9.17) is 35.4 Å². The Labute approximate surface area is 307 Å². The third-order valence-electron chi connectivity index (χ3n) is 8.36. The Hall–Kier alpha value is -5.21. The van der Waals surface area contributed by atoms with Gasteiger partial charge in [0.1, 0.15) is 36.3 Å². The van der Waals surface area contributed by atoms with Gasteiger partial charge < -0.3 is 29.6 Å². The number of nitrogens with zero attached hydrogens (tertiary/aromatic N) is 4. The molecule has 2 aromatic heterocycles. The van der Waals surface area contributed by atoms with E-state index >= 15 is 0 Å². The fourth-order valence-corrected chi connectivity index (χ4v) is 7.24. The monoisotopic (exact) mass is 774 g/mol. The Morgan fingerprint density at radius 3 is 2.56 bits per heavy atom. The number of imidazole rings is 1. The van der Waals surface area contributed by atoms with Gasteiger partial charge in [0.2, 0.25) is 0 Å². The lowest BCUT2D eigenvalue weighted by molar-refractivity contribution is -0.139. The summed E-state index contributed by atoms with van der Waals surface area (Å²) in [6.07, 6.45) is 6.11. The smallest absolute Gasteiger partial charge is 0.480 e. The van der Waals surface area contributed by atoms with Crippen LogP contribution in [-0.2, 0) is 34.5 Å². The number of hydrogen-bond donors (Lipinski definition) is 3. The summed E-state index contributed by atoms with van der Waals surface area (Å²) in [5.74, 6) is -1.35. The summed E-state index contributed by atoms with van der Waals surface area (Å²) in [5, 5.41) is 12.4. The highest BCUT2D eigenvalue weighted by atomic mass is 31.2. The van der Waals surface area contributed by atoms with Gasteiger partial charge in [0.15, 0.2) is 28.7 Å². The highest BCUT2D eigenvalue weighted by Crippen LogP contribution is 2.48. The van der Waals surface area contributed by atoms with E-state index in [9.17, 15) is 32.4 Å². The van der Waals surface area contributed by atoms with Crippen molar-refractivity contribution in [3.05, 3.63) is 78.1 Å². The van der Waals surface area contributed by atoms with Gasteiger partial charge in [-0.05, 0) is 42.7 Å². The van der Waals surface area contributed by atoms with Crippen molar-refractivity contribution in [2.45, 2.75) is 75.8 Å². The number of unbranched alkanes of at least 4 members (excludes halogenated alkanes) is 4. The predicted molar refractivity (Wildman–Crippen MR) is 186 cm³/mol. The summed E-state index contributed by atoms with van der Waals surface area (Å²) in [5.41, 5.74) is 3.65. The first-order valence-electron chi connectivity index (χ1n) is 16.9. The zero-order chi connectivity index (χ0) is 38.9. The fourth-order valence-electron chi connectivity index (χ4n) is 5.72. The van der Waals surface area contributed by atoms with Crippen molar-refractivity contribution >= 4 is 36.9 Å². The number of ether oxygens (including phenoxy) is 3. The summed E-state index contributed by atoms with van der Waals surface area (Å²) in [6.45, 7) is 1.27. The molecule has 54 heavy (non-hydrogen) atoms. The molecule has 3 heterocycles. The summed E-state index contributed by atoms with van der Waals surface area (Å²) < 4.78 is 86.6. The lowest BCUT2D eigenvalue weighted by Crippen LogP contribution is -2.46. The Bertz CT molecular complexity index is 2010. The number of carbonyl (C=O) groups excluding carboxylic acids is 1. The second-order valence-electron chi connectivity index (χ2n) is 12.3. The molecule has 0 radical (unpaired) electrons. The lowest BCUT2D eigenvalue weighted by atomic mass is 9.99. The van der Waals surface area contributed by atoms with Crippen molar-refractivity contribution in [2.75, 3.05) is 18.9 Å². The third-order valence-corrected chi connectivity index (χ3v) is 9.90. The number of halogens is 3. The van der Waals surface area contributed by atoms with Crippen LogP contribution in [0, 0.1) is 30.1 Å². The molecule has 0 unspecified atom stereocenters. The SMILES string of the molecule is C#C[C@]1(CO[P@@](=O)(N[C@@H](Cc2cc(F)cc(F)c2)C(=O)O)Oc2ccccc2)O[C@@H](n2cnc3c(N)nc(F)nc32)C[C@@H]1OC(=O)OCCCCCCC. The van der Waals surface area contributed by atoms with Crippen LogP contribution in [0.3, 0.4) is 0 Å². The van der Waals surface area contributed by atoms with Gasteiger partial charge in [-0.15, -0.1) is 6.42 Å². The predicted octanol–water partition coefficient (Wildman–Crippen LogP) is 6.10. The summed E-state index contributed by atoms with van der Waals surface area (Å²) in [7, 11) is -4.82. The van der Waals surface area contributed by atoms with Crippen molar-refractivity contribution < 1.29 is 55.7 Å². The van der Waals surface area contributed by atoms with Crippen LogP contribution in [0.4, 0.5) is 23.8 Å². The van der Waals surface area contributed by atoms with E-state index in [0.717, 1.165) is 37.8 Å². The number of carbonyl (C=O) groups is 2. The van der Waals surface area contributed by atoms with Gasteiger partial charge in [-0.2, -0.15) is 19.4 Å². The zero-order valence-corrected chi connectivity index (χ0v) is 29.9. The number of aromatic nitrogens is 4. The van der Waals surface area contributed by atoms with Crippen LogP contribution < -0.4 is 15.3 Å². The van der Waals surface area contributed by atoms with Gasteiger partial charge in [0.05, 0.1) is 12.9 Å². The largest absolute Gasteiger partial charge is 0.508 e. The molecule has 288 valence electrons. The number of aliphatic carboxylic acids is 1. The highest BCUT2D eigenvalue weighted by molar-refractivity contribution is 7.52. The number of anilines is 1. The van der Waals surface area contributed by atoms with Gasteiger partial charge in [0, 0.05) is 12.5 Å². The van der Waals surface area contributed by atoms with Crippen LogP contribution in [0.2, 0.25) is 0 Å². The molecule has 15 nitrogen and oxygen atoms in total. The topological polar surface area (TPSA) is 199 Å². The molecule has 0 aliphatic carbocycles. The Balaban J connectivity index is 1.44. The second-order valence-corrected chi connectivity index (χ2v) is 14.0. The summed E-state index contributed by atoms with van der Waals surface area (Å²) >= 11 is 0. The minimum absolute atomic E-state index is 0.0197. The van der Waals surface area contributed by atoms with Gasteiger partial charge in [-0.3, -0.25) is 13.9 Å². The quantitative estimate of drug-likeness (QED) is 0.0345. The van der Waals surface area contributed by atoms with Crippen LogP contribution in [0.25, 0.3) is 11.2 Å². The van der Waals surface area contributed by atoms with Crippen LogP contribution in [0.5, 0.6) is 5.75 Å². The number of nitrogen functional groups attached to an aromatic ring is 1. The van der Waals surface area contributed by atoms with Gasteiger partial charge in [-0.25, -0.2) is 23.1 Å². The number of carboxylic acid groups (broad SMARTS) is 1. The normalized spacial score (nSPS) is 19.8. The number of terminal acetylenes is 1. The Morgan fingerprint density at radius 1 is 1.15 bits per heavy atom. The van der Waals surface area contributed by atoms with Crippen molar-refractivity contribution in [2.24, 2.45) is 0 Å². The molecule has 0 saturated carbocycles. The Kier molecular flexibility index (Phi) is 13.1. The number of rotatable bonds is 18. The number of fused-ring (bicyclic) bond motifs is 1. The fraction of sp³-hybridized carbons (Fsp3) is 0.400. The van der Waals surface area contributed by atoms with E-state index < -0.39 is 74.6 Å². The average Bonchev–Trinajstić information content (AvgIpc) is 3.70. The molecule has 5 atom stereocenters.